The molecule has 144 valence electrons. The number of carbonyl (C=O) groups is 1. The predicted octanol–water partition coefficient (Wildman–Crippen LogP) is 3.25. The van der Waals surface area contributed by atoms with Gasteiger partial charge in [0.15, 0.2) is 0 Å². The Morgan fingerprint density at radius 3 is 2.26 bits per heavy atom. The number of anilines is 2. The Bertz CT molecular complexity index is 737. The highest BCUT2D eigenvalue weighted by molar-refractivity contribution is 5.93. The quantitative estimate of drug-likeness (QED) is 0.846. The molecule has 1 amide bonds. The van der Waals surface area contributed by atoms with Gasteiger partial charge in [-0.2, -0.15) is 0 Å². The number of nitrogens with zero attached hydrogens (tertiary/aromatic N) is 3. The van der Waals surface area contributed by atoms with Gasteiger partial charge < -0.3 is 15.5 Å². The van der Waals surface area contributed by atoms with E-state index in [0.29, 0.717) is 16.9 Å². The molecule has 0 saturated carbocycles. The molecule has 2 N–H and O–H groups in total. The number of aromatic nitrogens is 2. The molecule has 2 aromatic rings. The molecule has 3 heterocycles. The van der Waals surface area contributed by atoms with Crippen molar-refractivity contribution in [1.29, 1.82) is 0 Å². The summed E-state index contributed by atoms with van der Waals surface area (Å²) in [6, 6.07) is 9.76. The Labute approximate surface area is 166 Å². The zero-order chi connectivity index (χ0) is 17.8. The van der Waals surface area contributed by atoms with Crippen molar-refractivity contribution in [2.75, 3.05) is 31.5 Å². The first-order chi connectivity index (χ1) is 12.7. The maximum Gasteiger partial charge on any atom is 0.256 e. The van der Waals surface area contributed by atoms with Crippen molar-refractivity contribution in [3.05, 3.63) is 48.3 Å². The fourth-order valence-corrected chi connectivity index (χ4v) is 3.98. The van der Waals surface area contributed by atoms with Gasteiger partial charge in [0.25, 0.3) is 5.91 Å². The van der Waals surface area contributed by atoms with Crippen LogP contribution in [-0.4, -0.2) is 47.0 Å². The zero-order valence-corrected chi connectivity index (χ0v) is 16.2. The second-order valence-electron chi connectivity index (χ2n) is 7.33. The Morgan fingerprint density at radius 1 is 1.00 bits per heavy atom. The van der Waals surface area contributed by atoms with Crippen LogP contribution < -0.4 is 10.6 Å². The molecule has 0 aliphatic carbocycles. The van der Waals surface area contributed by atoms with Crippen molar-refractivity contribution in [3.63, 3.8) is 0 Å². The summed E-state index contributed by atoms with van der Waals surface area (Å²) in [5.74, 6) is 0.542. The number of carbonyl (C=O) groups excluding carboxylic acids is 1. The molecule has 7 heteroatoms. The second kappa shape index (κ2) is 8.67. The molecule has 0 radical (unpaired) electrons. The number of hydrogen-bond donors (Lipinski definition) is 2. The number of hydrogen-bond acceptors (Lipinski definition) is 5. The highest BCUT2D eigenvalue weighted by Gasteiger charge is 2.36. The highest BCUT2D eigenvalue weighted by Crippen LogP contribution is 2.39. The van der Waals surface area contributed by atoms with Gasteiger partial charge >= 0.3 is 0 Å². The molecular formula is C20H26ClN5O. The number of benzene rings is 1. The van der Waals surface area contributed by atoms with E-state index in [4.69, 9.17) is 0 Å². The summed E-state index contributed by atoms with van der Waals surface area (Å²) in [4.78, 5) is 23.3. The van der Waals surface area contributed by atoms with Crippen LogP contribution in [0, 0.1) is 5.41 Å². The van der Waals surface area contributed by atoms with Crippen molar-refractivity contribution in [2.24, 2.45) is 5.41 Å². The molecule has 4 rings (SSSR count). The van der Waals surface area contributed by atoms with E-state index in [9.17, 15) is 4.79 Å². The molecule has 6 nitrogen and oxygen atoms in total. The van der Waals surface area contributed by atoms with E-state index in [-0.39, 0.29) is 18.3 Å². The topological polar surface area (TPSA) is 70.2 Å². The van der Waals surface area contributed by atoms with Gasteiger partial charge in [-0.05, 0) is 56.3 Å². The maximum atomic E-state index is 12.8. The fourth-order valence-electron chi connectivity index (χ4n) is 3.98. The number of likely N-dealkylation sites (tertiary alicyclic amines) is 1. The van der Waals surface area contributed by atoms with E-state index in [0.717, 1.165) is 44.7 Å². The van der Waals surface area contributed by atoms with Gasteiger partial charge in [-0.15, -0.1) is 12.4 Å². The number of amides is 1. The van der Waals surface area contributed by atoms with Crippen LogP contribution in [0.2, 0.25) is 0 Å². The Balaban J connectivity index is 0.00000210. The summed E-state index contributed by atoms with van der Waals surface area (Å²) in [7, 11) is 0. The van der Waals surface area contributed by atoms with Gasteiger partial charge in [-0.3, -0.25) is 4.79 Å². The number of nitrogens with one attached hydrogen (secondary N) is 2. The van der Waals surface area contributed by atoms with Gasteiger partial charge in [0.05, 0.1) is 5.56 Å². The SMILES string of the molecule is Cl.O=C(c1cnc(Nc2ccccc2)nc1)N1CCC2(CCNCC2)CC1. The monoisotopic (exact) mass is 387 g/mol. The van der Waals surface area contributed by atoms with Gasteiger partial charge in [0, 0.05) is 31.2 Å². The molecule has 0 bridgehead atoms. The molecular weight excluding hydrogens is 362 g/mol. The van der Waals surface area contributed by atoms with E-state index in [1.165, 1.54) is 12.8 Å². The molecule has 0 atom stereocenters. The maximum absolute atomic E-state index is 12.8. The number of piperidine rings is 2. The second-order valence-corrected chi connectivity index (χ2v) is 7.33. The number of halogens is 1. The van der Waals surface area contributed by atoms with E-state index in [1.807, 2.05) is 35.2 Å². The summed E-state index contributed by atoms with van der Waals surface area (Å²) in [6.07, 6.45) is 7.92. The molecule has 1 spiro atoms. The lowest BCUT2D eigenvalue weighted by Gasteiger charge is -2.44. The predicted molar refractivity (Wildman–Crippen MR) is 109 cm³/mol. The van der Waals surface area contributed by atoms with E-state index in [1.54, 1.807) is 12.4 Å². The van der Waals surface area contributed by atoms with Crippen molar-refractivity contribution in [1.82, 2.24) is 20.2 Å². The number of para-hydroxylation sites is 1. The normalized spacial score (nSPS) is 18.6. The van der Waals surface area contributed by atoms with E-state index in [2.05, 4.69) is 20.6 Å². The third-order valence-corrected chi connectivity index (χ3v) is 5.70. The van der Waals surface area contributed by atoms with Gasteiger partial charge in [-0.1, -0.05) is 18.2 Å². The molecule has 27 heavy (non-hydrogen) atoms. The first-order valence-electron chi connectivity index (χ1n) is 9.38. The van der Waals surface area contributed by atoms with Crippen molar-refractivity contribution in [2.45, 2.75) is 25.7 Å². The lowest BCUT2D eigenvalue weighted by Crippen LogP contribution is -2.47. The average Bonchev–Trinajstić information content (AvgIpc) is 2.70. The summed E-state index contributed by atoms with van der Waals surface area (Å²) < 4.78 is 0. The van der Waals surface area contributed by atoms with Crippen LogP contribution >= 0.6 is 12.4 Å². The molecule has 2 fully saturated rings. The Hall–Kier alpha value is -2.18. The first-order valence-corrected chi connectivity index (χ1v) is 9.38. The van der Waals surface area contributed by atoms with Gasteiger partial charge in [0.2, 0.25) is 5.95 Å². The largest absolute Gasteiger partial charge is 0.339 e. The van der Waals surface area contributed by atoms with Crippen LogP contribution in [0.1, 0.15) is 36.0 Å². The third kappa shape index (κ3) is 4.57. The first kappa shape index (κ1) is 19.6. The lowest BCUT2D eigenvalue weighted by molar-refractivity contribution is 0.0495. The minimum Gasteiger partial charge on any atom is -0.339 e. The van der Waals surface area contributed by atoms with E-state index >= 15 is 0 Å². The summed E-state index contributed by atoms with van der Waals surface area (Å²) in [6.45, 7) is 3.89. The summed E-state index contributed by atoms with van der Waals surface area (Å²) in [5.41, 5.74) is 1.93. The van der Waals surface area contributed by atoms with Crippen LogP contribution in [0.3, 0.4) is 0 Å². The Morgan fingerprint density at radius 2 is 1.63 bits per heavy atom. The third-order valence-electron chi connectivity index (χ3n) is 5.70. The van der Waals surface area contributed by atoms with Gasteiger partial charge in [0.1, 0.15) is 0 Å². The van der Waals surface area contributed by atoms with E-state index < -0.39 is 0 Å². The minimum absolute atomic E-state index is 0. The smallest absolute Gasteiger partial charge is 0.256 e. The van der Waals surface area contributed by atoms with Crippen LogP contribution in [0.15, 0.2) is 42.7 Å². The van der Waals surface area contributed by atoms with Crippen molar-refractivity contribution < 1.29 is 4.79 Å². The van der Waals surface area contributed by atoms with Gasteiger partial charge in [-0.25, -0.2) is 9.97 Å². The molecule has 1 aromatic carbocycles. The Kier molecular flexibility index (Phi) is 6.29. The molecule has 2 aliphatic heterocycles. The van der Waals surface area contributed by atoms with Crippen LogP contribution in [0.5, 0.6) is 0 Å². The highest BCUT2D eigenvalue weighted by atomic mass is 35.5. The van der Waals surface area contributed by atoms with Crippen molar-refractivity contribution >= 4 is 29.9 Å². The fraction of sp³-hybridized carbons (Fsp3) is 0.450. The standard InChI is InChI=1S/C20H25N5O.ClH/c26-18(25-12-8-20(9-13-25)6-10-21-11-7-20)16-14-22-19(23-15-16)24-17-4-2-1-3-5-17;/h1-5,14-15,21H,6-13H2,(H,22,23,24);1H. The average molecular weight is 388 g/mol. The molecule has 2 saturated heterocycles. The van der Waals surface area contributed by atoms with Crippen LogP contribution in [0.4, 0.5) is 11.6 Å². The number of rotatable bonds is 3. The van der Waals surface area contributed by atoms with Crippen molar-refractivity contribution in [3.8, 4) is 0 Å². The molecule has 1 aromatic heterocycles. The zero-order valence-electron chi connectivity index (χ0n) is 15.4. The summed E-state index contributed by atoms with van der Waals surface area (Å²) in [5, 5.41) is 6.57. The molecule has 0 unspecified atom stereocenters. The van der Waals surface area contributed by atoms with Crippen LogP contribution in [0.25, 0.3) is 0 Å². The molecule has 2 aliphatic rings. The minimum atomic E-state index is 0. The van der Waals surface area contributed by atoms with Crippen LogP contribution in [-0.2, 0) is 0 Å². The summed E-state index contributed by atoms with van der Waals surface area (Å²) >= 11 is 0. The lowest BCUT2D eigenvalue weighted by atomic mass is 9.71.